The van der Waals surface area contributed by atoms with Crippen molar-refractivity contribution in [1.82, 2.24) is 4.98 Å². The molecule has 0 unspecified atom stereocenters. The van der Waals surface area contributed by atoms with Crippen LogP contribution in [0.25, 0.3) is 98.7 Å². The van der Waals surface area contributed by atoms with Gasteiger partial charge in [0.05, 0.1) is 11.2 Å². The Labute approximate surface area is 271 Å². The molecule has 2 heterocycles. The third kappa shape index (κ3) is 3.95. The second-order valence-corrected chi connectivity index (χ2v) is 12.3. The molecule has 47 heavy (non-hydrogen) atoms. The Kier molecular flexibility index (Phi) is 5.61. The fourth-order valence-corrected chi connectivity index (χ4v) is 7.48. The number of aromatic nitrogens is 1. The van der Waals surface area contributed by atoms with Gasteiger partial charge in [-0.1, -0.05) is 140 Å². The van der Waals surface area contributed by atoms with Crippen LogP contribution in [0, 0.1) is 0 Å². The molecule has 2 aromatic heterocycles. The molecule has 2 nitrogen and oxygen atoms in total. The summed E-state index contributed by atoms with van der Waals surface area (Å²) in [5.41, 5.74) is 9.46. The maximum atomic E-state index is 7.00. The molecule has 0 saturated carbocycles. The van der Waals surface area contributed by atoms with E-state index in [9.17, 15) is 0 Å². The Balaban J connectivity index is 1.23. The normalized spacial score (nSPS) is 11.8. The number of hydrogen-bond acceptors (Lipinski definition) is 2. The monoisotopic (exact) mass is 597 g/mol. The zero-order valence-corrected chi connectivity index (χ0v) is 25.4. The number of fused-ring (bicyclic) bond motifs is 10. The number of furan rings is 1. The van der Waals surface area contributed by atoms with Crippen molar-refractivity contribution in [2.45, 2.75) is 0 Å². The molecule has 0 saturated heterocycles. The molecule has 0 fully saturated rings. The van der Waals surface area contributed by atoms with Gasteiger partial charge in [0, 0.05) is 38.1 Å². The number of pyridine rings is 1. The van der Waals surface area contributed by atoms with Gasteiger partial charge in [0.25, 0.3) is 0 Å². The van der Waals surface area contributed by atoms with Crippen molar-refractivity contribution in [3.05, 3.63) is 164 Å². The fourth-order valence-electron chi connectivity index (χ4n) is 7.48. The minimum Gasteiger partial charge on any atom is -0.455 e. The predicted molar refractivity (Wildman–Crippen MR) is 198 cm³/mol. The summed E-state index contributed by atoms with van der Waals surface area (Å²) in [6.07, 6.45) is 0. The van der Waals surface area contributed by atoms with Crippen LogP contribution in [0.15, 0.2) is 168 Å². The van der Waals surface area contributed by atoms with Gasteiger partial charge < -0.3 is 4.42 Å². The average Bonchev–Trinajstić information content (AvgIpc) is 3.54. The number of nitrogens with zero attached hydrogens (tertiary/aromatic N) is 1. The van der Waals surface area contributed by atoms with Crippen molar-refractivity contribution in [1.29, 1.82) is 0 Å². The lowest BCUT2D eigenvalue weighted by Crippen LogP contribution is -1.89. The topological polar surface area (TPSA) is 26.0 Å². The average molecular weight is 598 g/mol. The van der Waals surface area contributed by atoms with Crippen molar-refractivity contribution in [2.75, 3.05) is 0 Å². The molecule has 2 heteroatoms. The minimum absolute atomic E-state index is 0.900. The highest BCUT2D eigenvalue weighted by Gasteiger charge is 2.19. The summed E-state index contributed by atoms with van der Waals surface area (Å²) in [4.78, 5) is 5.14. The molecule has 0 aliphatic carbocycles. The summed E-state index contributed by atoms with van der Waals surface area (Å²) in [6, 6.07) is 58.3. The van der Waals surface area contributed by atoms with Gasteiger partial charge in [-0.15, -0.1) is 0 Å². The van der Waals surface area contributed by atoms with Gasteiger partial charge >= 0.3 is 0 Å². The molecular formula is C45H27NO. The summed E-state index contributed by atoms with van der Waals surface area (Å²) in [5.74, 6) is 0. The maximum absolute atomic E-state index is 7.00. The first kappa shape index (κ1) is 26.0. The van der Waals surface area contributed by atoms with Crippen molar-refractivity contribution < 1.29 is 4.42 Å². The van der Waals surface area contributed by atoms with Crippen LogP contribution in [-0.4, -0.2) is 4.98 Å². The van der Waals surface area contributed by atoms with E-state index >= 15 is 0 Å². The van der Waals surface area contributed by atoms with Crippen molar-refractivity contribution in [3.63, 3.8) is 0 Å². The largest absolute Gasteiger partial charge is 0.455 e. The predicted octanol–water partition coefficient (Wildman–Crippen LogP) is 12.6. The van der Waals surface area contributed by atoms with E-state index < -0.39 is 0 Å². The zero-order chi connectivity index (χ0) is 30.9. The SMILES string of the molecule is c1ccc(-c2nc3ccccc3c3c2ccc2c4cccc(-c5cccc(-c6cc7ccccc7c7ccccc67)c5)c4oc23)cc1. The molecule has 10 rings (SSSR count). The van der Waals surface area contributed by atoms with Crippen LogP contribution in [0.2, 0.25) is 0 Å². The second-order valence-electron chi connectivity index (χ2n) is 12.3. The Morgan fingerprint density at radius 1 is 0.362 bits per heavy atom. The van der Waals surface area contributed by atoms with Gasteiger partial charge in [0.1, 0.15) is 11.2 Å². The van der Waals surface area contributed by atoms with Gasteiger partial charge in [0.15, 0.2) is 0 Å². The van der Waals surface area contributed by atoms with Gasteiger partial charge in [-0.25, -0.2) is 4.98 Å². The van der Waals surface area contributed by atoms with Crippen LogP contribution in [0.1, 0.15) is 0 Å². The highest BCUT2D eigenvalue weighted by molar-refractivity contribution is 6.25. The third-order valence-electron chi connectivity index (χ3n) is 9.63. The summed E-state index contributed by atoms with van der Waals surface area (Å²) in [6.45, 7) is 0. The number of para-hydroxylation sites is 2. The second kappa shape index (κ2) is 10.1. The molecule has 10 aromatic rings. The first-order valence-electron chi connectivity index (χ1n) is 16.1. The van der Waals surface area contributed by atoms with E-state index in [1.165, 1.54) is 32.7 Å². The van der Waals surface area contributed by atoms with Crippen LogP contribution in [0.5, 0.6) is 0 Å². The Hall–Kier alpha value is -6.25. The Bertz CT molecular complexity index is 2840. The summed E-state index contributed by atoms with van der Waals surface area (Å²) < 4.78 is 7.00. The van der Waals surface area contributed by atoms with E-state index in [0.717, 1.165) is 66.0 Å². The molecule has 218 valence electrons. The van der Waals surface area contributed by atoms with E-state index in [1.807, 2.05) is 6.07 Å². The highest BCUT2D eigenvalue weighted by Crippen LogP contribution is 2.43. The number of hydrogen-bond donors (Lipinski definition) is 0. The molecule has 0 bridgehead atoms. The maximum Gasteiger partial charge on any atom is 0.144 e. The van der Waals surface area contributed by atoms with E-state index in [1.54, 1.807) is 0 Å². The summed E-state index contributed by atoms with van der Waals surface area (Å²) in [5, 5.41) is 10.6. The van der Waals surface area contributed by atoms with Crippen molar-refractivity contribution in [2.24, 2.45) is 0 Å². The minimum atomic E-state index is 0.900. The molecule has 0 amide bonds. The van der Waals surface area contributed by atoms with Gasteiger partial charge in [-0.05, 0) is 62.5 Å². The highest BCUT2D eigenvalue weighted by atomic mass is 16.3. The van der Waals surface area contributed by atoms with E-state index in [0.29, 0.717) is 0 Å². The molecule has 8 aromatic carbocycles. The Morgan fingerprint density at radius 2 is 0.979 bits per heavy atom. The zero-order valence-electron chi connectivity index (χ0n) is 25.4. The lowest BCUT2D eigenvalue weighted by molar-refractivity contribution is 0.674. The van der Waals surface area contributed by atoms with Crippen LogP contribution < -0.4 is 0 Å². The number of benzene rings is 8. The van der Waals surface area contributed by atoms with Crippen LogP contribution >= 0.6 is 0 Å². The van der Waals surface area contributed by atoms with Gasteiger partial charge in [-0.3, -0.25) is 0 Å². The van der Waals surface area contributed by atoms with Gasteiger partial charge in [0.2, 0.25) is 0 Å². The first-order chi connectivity index (χ1) is 23.3. The molecule has 0 atom stereocenters. The van der Waals surface area contributed by atoms with E-state index in [4.69, 9.17) is 9.40 Å². The lowest BCUT2D eigenvalue weighted by atomic mass is 9.91. The Morgan fingerprint density at radius 3 is 1.85 bits per heavy atom. The molecule has 0 radical (unpaired) electrons. The summed E-state index contributed by atoms with van der Waals surface area (Å²) in [7, 11) is 0. The van der Waals surface area contributed by atoms with Crippen LogP contribution in [0.3, 0.4) is 0 Å². The van der Waals surface area contributed by atoms with Crippen LogP contribution in [-0.2, 0) is 0 Å². The van der Waals surface area contributed by atoms with E-state index in [2.05, 4.69) is 158 Å². The van der Waals surface area contributed by atoms with Crippen LogP contribution in [0.4, 0.5) is 0 Å². The smallest absolute Gasteiger partial charge is 0.144 e. The number of rotatable bonds is 3. The fraction of sp³-hybridized carbons (Fsp3) is 0. The molecular weight excluding hydrogens is 571 g/mol. The lowest BCUT2D eigenvalue weighted by Gasteiger charge is -2.12. The van der Waals surface area contributed by atoms with Crippen molar-refractivity contribution in [3.8, 4) is 33.5 Å². The molecule has 0 aliphatic heterocycles. The molecule has 0 spiro atoms. The first-order valence-corrected chi connectivity index (χ1v) is 16.1. The quantitative estimate of drug-likeness (QED) is 0.189. The molecule has 0 aliphatic rings. The van der Waals surface area contributed by atoms with E-state index in [-0.39, 0.29) is 0 Å². The van der Waals surface area contributed by atoms with Gasteiger partial charge in [-0.2, -0.15) is 0 Å². The third-order valence-corrected chi connectivity index (χ3v) is 9.63. The summed E-state index contributed by atoms with van der Waals surface area (Å²) >= 11 is 0. The standard InChI is InChI=1S/C45H27NO/c1-2-12-28(13-3-1)43-39-25-24-37-36-22-11-21-33(44(36)47-45(37)42(39)38-20-8-9-23-41(38)46-43)29-15-10-16-30(26-29)40-27-31-14-4-5-17-32(31)34-18-6-7-19-35(34)40/h1-27H. The molecule has 0 N–H and O–H groups in total. The van der Waals surface area contributed by atoms with Crippen molar-refractivity contribution >= 4 is 65.2 Å².